The summed E-state index contributed by atoms with van der Waals surface area (Å²) >= 11 is 0. The van der Waals surface area contributed by atoms with Gasteiger partial charge in [0.2, 0.25) is 29.4 Å². The Balaban J connectivity index is 1.29. The number of hydrogen-bond acceptors (Lipinski definition) is 6. The molecule has 4 N–H and O–H groups in total. The Hall–Kier alpha value is -2.98. The Morgan fingerprint density at radius 1 is 0.953 bits per heavy atom. The number of piperidine rings is 1. The van der Waals surface area contributed by atoms with Gasteiger partial charge in [0.25, 0.3) is 5.91 Å². The van der Waals surface area contributed by atoms with Crippen molar-refractivity contribution in [1.82, 2.24) is 26.2 Å². The molecular weight excluding hydrogens is 550 g/mol. The number of amides is 5. The van der Waals surface area contributed by atoms with Gasteiger partial charge in [-0.1, -0.05) is 26.2 Å². The molecule has 238 valence electrons. The van der Waals surface area contributed by atoms with Crippen molar-refractivity contribution in [2.75, 3.05) is 13.6 Å². The van der Waals surface area contributed by atoms with Crippen LogP contribution in [0.15, 0.2) is 0 Å². The van der Waals surface area contributed by atoms with E-state index in [1.54, 1.807) is 7.05 Å². The lowest BCUT2D eigenvalue weighted by atomic mass is 9.82. The van der Waals surface area contributed by atoms with Gasteiger partial charge in [0.15, 0.2) is 0 Å². The minimum Gasteiger partial charge on any atom is -0.356 e. The molecule has 43 heavy (non-hydrogen) atoms. The van der Waals surface area contributed by atoms with Crippen LogP contribution in [0.2, 0.25) is 0 Å². The molecule has 5 saturated carbocycles. The van der Waals surface area contributed by atoms with Crippen molar-refractivity contribution in [2.24, 2.45) is 29.6 Å². The predicted octanol–water partition coefficient (Wildman–Crippen LogP) is 1.58. The first-order valence-corrected chi connectivity index (χ1v) is 16.7. The van der Waals surface area contributed by atoms with Crippen molar-refractivity contribution in [3.8, 4) is 0 Å². The fourth-order valence-electron chi connectivity index (χ4n) is 7.75. The molecule has 0 radical (unpaired) electrons. The highest BCUT2D eigenvalue weighted by molar-refractivity contribution is 6.38. The molecular formula is C32H49N5O6. The molecule has 6 rings (SSSR count). The highest BCUT2D eigenvalue weighted by Crippen LogP contribution is 2.52. The lowest BCUT2D eigenvalue weighted by Gasteiger charge is -2.34. The molecule has 5 aliphatic carbocycles. The predicted molar refractivity (Wildman–Crippen MR) is 158 cm³/mol. The highest BCUT2D eigenvalue weighted by atomic mass is 16.2. The summed E-state index contributed by atoms with van der Waals surface area (Å²) in [5.74, 6) is -2.04. The summed E-state index contributed by atoms with van der Waals surface area (Å²) in [4.78, 5) is 81.1. The van der Waals surface area contributed by atoms with Gasteiger partial charge in [-0.05, 0) is 88.4 Å². The van der Waals surface area contributed by atoms with Gasteiger partial charge in [-0.2, -0.15) is 0 Å². The van der Waals surface area contributed by atoms with Crippen LogP contribution in [0.4, 0.5) is 0 Å². The third-order valence-corrected chi connectivity index (χ3v) is 10.6. The van der Waals surface area contributed by atoms with Gasteiger partial charge in [0.1, 0.15) is 12.1 Å². The van der Waals surface area contributed by atoms with Crippen molar-refractivity contribution in [2.45, 2.75) is 121 Å². The van der Waals surface area contributed by atoms with E-state index in [9.17, 15) is 28.8 Å². The van der Waals surface area contributed by atoms with Crippen molar-refractivity contribution >= 4 is 35.3 Å². The summed E-state index contributed by atoms with van der Waals surface area (Å²) in [6, 6.07) is -2.79. The quantitative estimate of drug-likeness (QED) is 0.223. The van der Waals surface area contributed by atoms with Crippen LogP contribution in [0.1, 0.15) is 96.8 Å². The Labute approximate surface area is 254 Å². The van der Waals surface area contributed by atoms with Crippen LogP contribution in [-0.2, 0) is 28.8 Å². The largest absolute Gasteiger partial charge is 0.356 e. The van der Waals surface area contributed by atoms with E-state index in [1.165, 1.54) is 4.90 Å². The number of likely N-dealkylation sites (N-methyl/N-ethyl adjacent to an activating group) is 1. The van der Waals surface area contributed by atoms with Crippen LogP contribution in [-0.4, -0.2) is 78.0 Å². The third-order valence-electron chi connectivity index (χ3n) is 10.6. The Morgan fingerprint density at radius 2 is 1.67 bits per heavy atom. The molecule has 5 amide bonds. The maximum atomic E-state index is 14.1. The molecule has 6 fully saturated rings. The molecule has 6 aliphatic rings. The maximum absolute atomic E-state index is 14.1. The van der Waals surface area contributed by atoms with E-state index in [0.717, 1.165) is 64.2 Å². The van der Waals surface area contributed by atoms with Crippen LogP contribution in [0.25, 0.3) is 0 Å². The lowest BCUT2D eigenvalue weighted by molar-refractivity contribution is -0.145. The number of hydrogen-bond donors (Lipinski definition) is 4. The minimum atomic E-state index is -1.18. The van der Waals surface area contributed by atoms with Gasteiger partial charge in [0.05, 0.1) is 6.04 Å². The van der Waals surface area contributed by atoms with E-state index >= 15 is 0 Å². The normalized spacial score (nSPS) is 28.6. The van der Waals surface area contributed by atoms with E-state index in [2.05, 4.69) is 21.3 Å². The third kappa shape index (κ3) is 7.40. The monoisotopic (exact) mass is 599 g/mol. The van der Waals surface area contributed by atoms with Gasteiger partial charge < -0.3 is 26.2 Å². The van der Waals surface area contributed by atoms with Gasteiger partial charge in [0, 0.05) is 31.5 Å². The standard InChI is InChI=1S/C32H49N5O6/c1-3-7-25(30(41)35-24(17-20-10-6-13-33-28(20)39)27(38)31(42)34-22-11-12-22)37(2)32(43)26(19-8-4-5-9-19)36-29(40)23-16-18-14-21(23)15-18/h18-26H,3-17H2,1-2H3,(H,33,39)(H,34,42)(H,35,41)(H,36,40)/t18?,20-,21?,23?,24-,25-,26+/m0/s1. The number of fused-ring (bicyclic) bond motifs is 1. The second-order valence-corrected chi connectivity index (χ2v) is 13.8. The molecule has 5 atom stereocenters. The first kappa shape index (κ1) is 31.4. The first-order valence-electron chi connectivity index (χ1n) is 16.7. The van der Waals surface area contributed by atoms with Gasteiger partial charge in [-0.25, -0.2) is 0 Å². The average molecular weight is 600 g/mol. The van der Waals surface area contributed by atoms with Crippen molar-refractivity contribution in [3.63, 3.8) is 0 Å². The van der Waals surface area contributed by atoms with Gasteiger partial charge in [-0.15, -0.1) is 0 Å². The number of nitrogens with one attached hydrogen (secondary N) is 4. The number of nitrogens with zero attached hydrogens (tertiary/aromatic N) is 1. The maximum Gasteiger partial charge on any atom is 0.289 e. The molecule has 0 aromatic rings. The van der Waals surface area contributed by atoms with Crippen molar-refractivity contribution in [1.29, 1.82) is 0 Å². The molecule has 1 aliphatic heterocycles. The highest BCUT2D eigenvalue weighted by Gasteiger charge is 2.49. The van der Waals surface area contributed by atoms with E-state index in [-0.39, 0.29) is 42.0 Å². The average Bonchev–Trinajstić information content (AvgIpc) is 3.34. The van der Waals surface area contributed by atoms with E-state index in [4.69, 9.17) is 0 Å². The molecule has 11 nitrogen and oxygen atoms in total. The molecule has 11 heteroatoms. The summed E-state index contributed by atoms with van der Waals surface area (Å²) in [6.45, 7) is 2.48. The van der Waals surface area contributed by atoms with Crippen molar-refractivity contribution in [3.05, 3.63) is 0 Å². The summed E-state index contributed by atoms with van der Waals surface area (Å²) in [7, 11) is 1.59. The number of carbonyl (C=O) groups is 6. The van der Waals surface area contributed by atoms with Crippen LogP contribution >= 0.6 is 0 Å². The van der Waals surface area contributed by atoms with Crippen molar-refractivity contribution < 1.29 is 28.8 Å². The first-order chi connectivity index (χ1) is 20.7. The molecule has 0 aromatic carbocycles. The smallest absolute Gasteiger partial charge is 0.289 e. The Bertz CT molecular complexity index is 1100. The van der Waals surface area contributed by atoms with Gasteiger partial charge >= 0.3 is 0 Å². The minimum absolute atomic E-state index is 0.0194. The van der Waals surface area contributed by atoms with Gasteiger partial charge in [-0.3, -0.25) is 28.8 Å². The fourth-order valence-corrected chi connectivity index (χ4v) is 7.75. The number of carbonyl (C=O) groups excluding carboxylic acids is 6. The number of Topliss-reactive ketones (excluding diaryl/α,β-unsaturated/α-hetero) is 1. The van der Waals surface area contributed by atoms with Crippen LogP contribution in [0.5, 0.6) is 0 Å². The summed E-state index contributed by atoms with van der Waals surface area (Å²) in [5, 5.41) is 11.4. The summed E-state index contributed by atoms with van der Waals surface area (Å²) in [6.07, 6.45) is 10.7. The van der Waals surface area contributed by atoms with Crippen LogP contribution in [0.3, 0.4) is 0 Å². The molecule has 1 unspecified atom stereocenters. The zero-order chi connectivity index (χ0) is 30.7. The molecule has 1 heterocycles. The second-order valence-electron chi connectivity index (χ2n) is 13.8. The van der Waals surface area contributed by atoms with E-state index in [1.807, 2.05) is 6.92 Å². The SMILES string of the molecule is CCC[C@@H](C(=O)N[C@@H](C[C@@H]1CCCNC1=O)C(=O)C(=O)NC1CC1)N(C)C(=O)[C@H](NC(=O)C1CC2CC1C2)C1CCCC1. The second kappa shape index (κ2) is 13.8. The van der Waals surface area contributed by atoms with Crippen LogP contribution in [0, 0.1) is 29.6 Å². The number of ketones is 1. The Kier molecular flexibility index (Phi) is 10.1. The van der Waals surface area contributed by atoms with Crippen LogP contribution < -0.4 is 21.3 Å². The molecule has 0 aromatic heterocycles. The molecule has 1 saturated heterocycles. The topological polar surface area (TPSA) is 154 Å². The molecule has 0 spiro atoms. The zero-order valence-electron chi connectivity index (χ0n) is 25.7. The molecule has 2 bridgehead atoms. The Morgan fingerprint density at radius 3 is 2.28 bits per heavy atom. The summed E-state index contributed by atoms with van der Waals surface area (Å²) in [5.41, 5.74) is 0. The van der Waals surface area contributed by atoms with E-state index in [0.29, 0.717) is 37.6 Å². The number of rotatable bonds is 14. The lowest BCUT2D eigenvalue weighted by Crippen LogP contribution is -2.59. The fraction of sp³-hybridized carbons (Fsp3) is 0.812. The summed E-state index contributed by atoms with van der Waals surface area (Å²) < 4.78 is 0. The van der Waals surface area contributed by atoms with E-state index < -0.39 is 41.6 Å². The zero-order valence-corrected chi connectivity index (χ0v) is 25.7.